The van der Waals surface area contributed by atoms with Gasteiger partial charge in [0.1, 0.15) is 5.56 Å². The third-order valence-corrected chi connectivity index (χ3v) is 5.96. The molecule has 2 aromatic heterocycles. The molecule has 128 valence electrons. The Labute approximate surface area is 149 Å². The summed E-state index contributed by atoms with van der Waals surface area (Å²) in [5.41, 5.74) is 0.584. The highest BCUT2D eigenvalue weighted by Gasteiger charge is 2.29. The van der Waals surface area contributed by atoms with Crippen molar-refractivity contribution in [3.05, 3.63) is 68.6 Å². The second kappa shape index (κ2) is 6.84. The minimum Gasteiger partial charge on any atom is -0.344 e. The van der Waals surface area contributed by atoms with Crippen LogP contribution in [0.5, 0.6) is 0 Å². The Morgan fingerprint density at radius 1 is 1.16 bits per heavy atom. The molecule has 1 aliphatic carbocycles. The largest absolute Gasteiger partial charge is 0.344 e. The summed E-state index contributed by atoms with van der Waals surface area (Å²) in [5.74, 6) is 0.152. The van der Waals surface area contributed by atoms with Gasteiger partial charge < -0.3 is 10.3 Å². The SMILES string of the molecule is O=C(NC(c1cccs1)C1CCCC1)c1cc2ccccc2[nH]c1=O. The Hall–Kier alpha value is -2.40. The highest BCUT2D eigenvalue weighted by Crippen LogP contribution is 2.37. The molecule has 1 fully saturated rings. The zero-order valence-corrected chi connectivity index (χ0v) is 14.6. The van der Waals surface area contributed by atoms with E-state index in [1.807, 2.05) is 35.7 Å². The first-order chi connectivity index (χ1) is 12.2. The summed E-state index contributed by atoms with van der Waals surface area (Å²) in [6, 6.07) is 13.3. The molecule has 3 aromatic rings. The molecule has 1 aromatic carbocycles. The molecule has 4 rings (SSSR count). The Kier molecular flexibility index (Phi) is 4.40. The van der Waals surface area contributed by atoms with Crippen LogP contribution in [0.4, 0.5) is 0 Å². The van der Waals surface area contributed by atoms with Gasteiger partial charge in [0.15, 0.2) is 0 Å². The number of rotatable bonds is 4. The van der Waals surface area contributed by atoms with E-state index in [-0.39, 0.29) is 23.1 Å². The molecule has 2 heterocycles. The van der Waals surface area contributed by atoms with Crippen LogP contribution in [0.1, 0.15) is 47.0 Å². The average Bonchev–Trinajstić information content (AvgIpc) is 3.32. The van der Waals surface area contributed by atoms with Gasteiger partial charge in [-0.05, 0) is 47.7 Å². The maximum Gasteiger partial charge on any atom is 0.261 e. The molecule has 0 aliphatic heterocycles. The van der Waals surface area contributed by atoms with Crippen LogP contribution in [0.3, 0.4) is 0 Å². The smallest absolute Gasteiger partial charge is 0.261 e. The van der Waals surface area contributed by atoms with Gasteiger partial charge >= 0.3 is 0 Å². The van der Waals surface area contributed by atoms with E-state index in [2.05, 4.69) is 16.4 Å². The lowest BCUT2D eigenvalue weighted by Crippen LogP contribution is -2.35. The van der Waals surface area contributed by atoms with E-state index in [9.17, 15) is 9.59 Å². The topological polar surface area (TPSA) is 62.0 Å². The van der Waals surface area contributed by atoms with Crippen molar-refractivity contribution in [2.45, 2.75) is 31.7 Å². The number of hydrogen-bond acceptors (Lipinski definition) is 3. The van der Waals surface area contributed by atoms with E-state index in [1.165, 1.54) is 12.8 Å². The second-order valence-corrected chi connectivity index (χ2v) is 7.59. The molecular weight excluding hydrogens is 332 g/mol. The van der Waals surface area contributed by atoms with E-state index in [4.69, 9.17) is 0 Å². The standard InChI is InChI=1S/C20H20N2O2S/c23-19-15(12-14-8-3-4-9-16(14)21-19)20(24)22-18(13-6-1-2-7-13)17-10-5-11-25-17/h3-5,8-13,18H,1-2,6-7H2,(H,21,23)(H,22,24). The van der Waals surface area contributed by atoms with Crippen molar-refractivity contribution >= 4 is 28.1 Å². The van der Waals surface area contributed by atoms with Gasteiger partial charge in [-0.2, -0.15) is 0 Å². The molecule has 0 spiro atoms. The summed E-state index contributed by atoms with van der Waals surface area (Å²) in [7, 11) is 0. The molecule has 2 N–H and O–H groups in total. The predicted octanol–water partition coefficient (Wildman–Crippen LogP) is 4.25. The Morgan fingerprint density at radius 2 is 1.96 bits per heavy atom. The van der Waals surface area contributed by atoms with Gasteiger partial charge in [0, 0.05) is 10.4 Å². The number of pyridine rings is 1. The van der Waals surface area contributed by atoms with Crippen molar-refractivity contribution in [2.24, 2.45) is 5.92 Å². The lowest BCUT2D eigenvalue weighted by atomic mass is 9.96. The number of aromatic nitrogens is 1. The fourth-order valence-electron chi connectivity index (χ4n) is 3.72. The van der Waals surface area contributed by atoms with Crippen molar-refractivity contribution in [1.29, 1.82) is 0 Å². The van der Waals surface area contributed by atoms with E-state index in [0.29, 0.717) is 5.92 Å². The van der Waals surface area contributed by atoms with Crippen LogP contribution in [0.15, 0.2) is 52.6 Å². The summed E-state index contributed by atoms with van der Waals surface area (Å²) < 4.78 is 0. The zero-order chi connectivity index (χ0) is 17.2. The first-order valence-corrected chi connectivity index (χ1v) is 9.56. The zero-order valence-electron chi connectivity index (χ0n) is 13.8. The number of hydrogen-bond donors (Lipinski definition) is 2. The van der Waals surface area contributed by atoms with E-state index in [1.54, 1.807) is 17.4 Å². The van der Waals surface area contributed by atoms with Crippen molar-refractivity contribution in [2.75, 3.05) is 0 Å². The number of benzene rings is 1. The van der Waals surface area contributed by atoms with Gasteiger partial charge in [-0.25, -0.2) is 0 Å². The van der Waals surface area contributed by atoms with Crippen molar-refractivity contribution in [3.63, 3.8) is 0 Å². The lowest BCUT2D eigenvalue weighted by Gasteiger charge is -2.23. The predicted molar refractivity (Wildman–Crippen MR) is 101 cm³/mol. The fourth-order valence-corrected chi connectivity index (χ4v) is 4.58. The highest BCUT2D eigenvalue weighted by atomic mass is 32.1. The Bertz CT molecular complexity index is 940. The molecule has 25 heavy (non-hydrogen) atoms. The quantitative estimate of drug-likeness (QED) is 0.737. The third-order valence-electron chi connectivity index (χ3n) is 5.01. The van der Waals surface area contributed by atoms with Gasteiger partial charge in [0.2, 0.25) is 0 Å². The van der Waals surface area contributed by atoms with E-state index >= 15 is 0 Å². The second-order valence-electron chi connectivity index (χ2n) is 6.61. The molecule has 1 unspecified atom stereocenters. The number of fused-ring (bicyclic) bond motifs is 1. The monoisotopic (exact) mass is 352 g/mol. The molecule has 1 amide bonds. The van der Waals surface area contributed by atoms with Gasteiger partial charge in [-0.15, -0.1) is 11.3 Å². The molecule has 0 radical (unpaired) electrons. The molecule has 1 aliphatic rings. The minimum atomic E-state index is -0.340. The maximum atomic E-state index is 12.8. The average molecular weight is 352 g/mol. The van der Waals surface area contributed by atoms with Gasteiger partial charge in [-0.3, -0.25) is 9.59 Å². The number of H-pyrrole nitrogens is 1. The van der Waals surface area contributed by atoms with Crippen LogP contribution in [-0.4, -0.2) is 10.9 Å². The number of carbonyl (C=O) groups is 1. The molecule has 0 bridgehead atoms. The molecule has 1 atom stereocenters. The van der Waals surface area contributed by atoms with Crippen molar-refractivity contribution in [1.82, 2.24) is 10.3 Å². The van der Waals surface area contributed by atoms with Crippen LogP contribution < -0.4 is 10.9 Å². The summed E-state index contributed by atoms with van der Waals surface area (Å²) in [5, 5.41) is 6.03. The summed E-state index contributed by atoms with van der Waals surface area (Å²) in [6.45, 7) is 0. The number of thiophene rings is 1. The number of amides is 1. The molecular formula is C20H20N2O2S. The highest BCUT2D eigenvalue weighted by molar-refractivity contribution is 7.10. The normalized spacial score (nSPS) is 16.2. The van der Waals surface area contributed by atoms with Gasteiger partial charge in [-0.1, -0.05) is 37.1 Å². The van der Waals surface area contributed by atoms with Crippen LogP contribution in [0.25, 0.3) is 10.9 Å². The molecule has 0 saturated heterocycles. The van der Waals surface area contributed by atoms with Crippen LogP contribution in [0, 0.1) is 5.92 Å². The summed E-state index contributed by atoms with van der Waals surface area (Å²) >= 11 is 1.66. The summed E-state index contributed by atoms with van der Waals surface area (Å²) in [6.07, 6.45) is 4.66. The molecule has 1 saturated carbocycles. The van der Waals surface area contributed by atoms with Crippen LogP contribution in [0.2, 0.25) is 0 Å². The number of aromatic amines is 1. The first kappa shape index (κ1) is 16.1. The summed E-state index contributed by atoms with van der Waals surface area (Å²) in [4.78, 5) is 29.2. The Balaban J connectivity index is 1.65. The first-order valence-electron chi connectivity index (χ1n) is 8.69. The molecule has 4 nitrogen and oxygen atoms in total. The molecule has 5 heteroatoms. The fraction of sp³-hybridized carbons (Fsp3) is 0.300. The lowest BCUT2D eigenvalue weighted by molar-refractivity contribution is 0.0921. The van der Waals surface area contributed by atoms with E-state index in [0.717, 1.165) is 28.6 Å². The maximum absolute atomic E-state index is 12.8. The van der Waals surface area contributed by atoms with Gasteiger partial charge in [0.05, 0.1) is 6.04 Å². The van der Waals surface area contributed by atoms with Crippen LogP contribution in [-0.2, 0) is 0 Å². The number of carbonyl (C=O) groups excluding carboxylic acids is 1. The number of para-hydroxylation sites is 1. The minimum absolute atomic E-state index is 0.0131. The third kappa shape index (κ3) is 3.24. The van der Waals surface area contributed by atoms with Crippen molar-refractivity contribution < 1.29 is 4.79 Å². The van der Waals surface area contributed by atoms with Crippen LogP contribution >= 0.6 is 11.3 Å². The van der Waals surface area contributed by atoms with E-state index < -0.39 is 0 Å². The van der Waals surface area contributed by atoms with Crippen molar-refractivity contribution in [3.8, 4) is 0 Å². The van der Waals surface area contributed by atoms with Gasteiger partial charge in [0.25, 0.3) is 11.5 Å². The number of nitrogens with one attached hydrogen (secondary N) is 2. The Morgan fingerprint density at radius 3 is 2.72 bits per heavy atom.